The van der Waals surface area contributed by atoms with Gasteiger partial charge in [0.1, 0.15) is 0 Å². The number of aryl methyl sites for hydroxylation is 2. The van der Waals surface area contributed by atoms with Crippen LogP contribution in [-0.2, 0) is 26.3 Å². The Morgan fingerprint density at radius 3 is 2.47 bits per heavy atom. The summed E-state index contributed by atoms with van der Waals surface area (Å²) in [7, 11) is 1.94. The minimum absolute atomic E-state index is 0.616. The zero-order valence-electron chi connectivity index (χ0n) is 11.9. The Hall–Kier alpha value is -1.61. The van der Waals surface area contributed by atoms with E-state index in [4.69, 9.17) is 0 Å². The van der Waals surface area contributed by atoms with Crippen molar-refractivity contribution in [3.63, 3.8) is 0 Å². The molecule has 0 spiro atoms. The van der Waals surface area contributed by atoms with E-state index in [1.807, 2.05) is 36.9 Å². The molecular weight excluding hydrogens is 236 g/mol. The third kappa shape index (κ3) is 3.67. The lowest BCUT2D eigenvalue weighted by Gasteiger charge is -2.23. The van der Waals surface area contributed by atoms with Crippen molar-refractivity contribution >= 4 is 0 Å². The van der Waals surface area contributed by atoms with Gasteiger partial charge in [0, 0.05) is 25.6 Å². The summed E-state index contributed by atoms with van der Waals surface area (Å²) in [4.78, 5) is 0. The normalized spacial score (nSPS) is 14.3. The monoisotopic (exact) mass is 258 g/mol. The lowest BCUT2D eigenvalue weighted by Crippen LogP contribution is -2.31. The number of aliphatic hydroxyl groups is 1. The van der Waals surface area contributed by atoms with Crippen LogP contribution in [0.2, 0.25) is 0 Å². The van der Waals surface area contributed by atoms with Crippen LogP contribution < -0.4 is 0 Å². The Morgan fingerprint density at radius 1 is 1.21 bits per heavy atom. The second-order valence-electron chi connectivity index (χ2n) is 5.44. The van der Waals surface area contributed by atoms with Gasteiger partial charge >= 0.3 is 0 Å². The lowest BCUT2D eigenvalue weighted by atomic mass is 9.92. The van der Waals surface area contributed by atoms with Crippen molar-refractivity contribution in [2.45, 2.75) is 38.7 Å². The Balaban J connectivity index is 2.10. The van der Waals surface area contributed by atoms with Crippen molar-refractivity contribution in [1.82, 2.24) is 9.78 Å². The van der Waals surface area contributed by atoms with Crippen LogP contribution in [0.4, 0.5) is 0 Å². The molecule has 1 aromatic heterocycles. The number of rotatable bonds is 5. The van der Waals surface area contributed by atoms with E-state index in [2.05, 4.69) is 30.2 Å². The minimum atomic E-state index is -0.750. The second-order valence-corrected chi connectivity index (χ2v) is 5.44. The van der Waals surface area contributed by atoms with Gasteiger partial charge in [-0.1, -0.05) is 37.3 Å². The van der Waals surface area contributed by atoms with Crippen LogP contribution in [0.25, 0.3) is 0 Å². The fourth-order valence-electron chi connectivity index (χ4n) is 2.40. The maximum absolute atomic E-state index is 10.6. The van der Waals surface area contributed by atoms with Crippen LogP contribution >= 0.6 is 0 Å². The molecular formula is C16H22N2O. The molecule has 2 rings (SSSR count). The first-order chi connectivity index (χ1) is 9.00. The number of nitrogens with zero attached hydrogens (tertiary/aromatic N) is 2. The minimum Gasteiger partial charge on any atom is -0.389 e. The van der Waals surface area contributed by atoms with Gasteiger partial charge in [-0.2, -0.15) is 5.10 Å². The molecule has 0 amide bonds. The van der Waals surface area contributed by atoms with Crippen molar-refractivity contribution < 1.29 is 5.11 Å². The van der Waals surface area contributed by atoms with Gasteiger partial charge in [-0.3, -0.25) is 4.68 Å². The molecule has 0 saturated carbocycles. The summed E-state index contributed by atoms with van der Waals surface area (Å²) in [5.74, 6) is 0. The van der Waals surface area contributed by atoms with E-state index in [9.17, 15) is 5.11 Å². The Labute approximate surface area is 114 Å². The molecule has 0 aliphatic carbocycles. The summed E-state index contributed by atoms with van der Waals surface area (Å²) in [6.07, 6.45) is 2.19. The molecule has 3 nitrogen and oxygen atoms in total. The fraction of sp³-hybridized carbons (Fsp3) is 0.438. The number of benzene rings is 1. The van der Waals surface area contributed by atoms with Crippen molar-refractivity contribution in [2.75, 3.05) is 0 Å². The number of hydrogen-bond acceptors (Lipinski definition) is 2. The predicted octanol–water partition coefficient (Wildman–Crippen LogP) is 2.52. The first-order valence-electron chi connectivity index (χ1n) is 6.78. The molecule has 0 saturated heterocycles. The van der Waals surface area contributed by atoms with Crippen molar-refractivity contribution in [2.24, 2.45) is 7.05 Å². The fourth-order valence-corrected chi connectivity index (χ4v) is 2.40. The van der Waals surface area contributed by atoms with Crippen LogP contribution in [0.1, 0.15) is 30.8 Å². The van der Waals surface area contributed by atoms with Crippen molar-refractivity contribution in [3.8, 4) is 0 Å². The maximum atomic E-state index is 10.6. The zero-order chi connectivity index (χ0) is 13.9. The lowest BCUT2D eigenvalue weighted by molar-refractivity contribution is 0.0589. The molecule has 3 heteroatoms. The van der Waals surface area contributed by atoms with Crippen LogP contribution in [0, 0.1) is 0 Å². The molecule has 2 aromatic rings. The first kappa shape index (κ1) is 13.8. The average molecular weight is 258 g/mol. The van der Waals surface area contributed by atoms with Gasteiger partial charge in [0.25, 0.3) is 0 Å². The van der Waals surface area contributed by atoms with Crippen LogP contribution in [0.15, 0.2) is 36.4 Å². The maximum Gasteiger partial charge on any atom is 0.0715 e. The van der Waals surface area contributed by atoms with Gasteiger partial charge in [0.15, 0.2) is 0 Å². The van der Waals surface area contributed by atoms with Gasteiger partial charge in [0.05, 0.1) is 11.3 Å². The molecule has 19 heavy (non-hydrogen) atoms. The molecule has 1 unspecified atom stereocenters. The van der Waals surface area contributed by atoms with E-state index in [0.717, 1.165) is 23.4 Å². The third-order valence-corrected chi connectivity index (χ3v) is 3.38. The van der Waals surface area contributed by atoms with Gasteiger partial charge in [-0.15, -0.1) is 0 Å². The summed E-state index contributed by atoms with van der Waals surface area (Å²) < 4.78 is 1.87. The third-order valence-electron chi connectivity index (χ3n) is 3.38. The highest BCUT2D eigenvalue weighted by molar-refractivity contribution is 5.19. The molecule has 0 bridgehead atoms. The molecule has 1 N–H and O–H groups in total. The summed E-state index contributed by atoms with van der Waals surface area (Å²) in [6, 6.07) is 12.2. The SMILES string of the molecule is CCc1cc(CC(C)(O)Cc2ccccc2)n(C)n1. The van der Waals surface area contributed by atoms with Gasteiger partial charge in [-0.25, -0.2) is 0 Å². The highest BCUT2D eigenvalue weighted by Crippen LogP contribution is 2.19. The van der Waals surface area contributed by atoms with E-state index < -0.39 is 5.60 Å². The van der Waals surface area contributed by atoms with Gasteiger partial charge in [0.2, 0.25) is 0 Å². The van der Waals surface area contributed by atoms with E-state index in [1.165, 1.54) is 0 Å². The van der Waals surface area contributed by atoms with Crippen LogP contribution in [0.3, 0.4) is 0 Å². The average Bonchev–Trinajstić information content (AvgIpc) is 2.70. The predicted molar refractivity (Wildman–Crippen MR) is 77.1 cm³/mol. The van der Waals surface area contributed by atoms with Crippen molar-refractivity contribution in [3.05, 3.63) is 53.3 Å². The standard InChI is InChI=1S/C16H22N2O/c1-4-14-10-15(18(3)17-14)12-16(2,19)11-13-8-6-5-7-9-13/h5-10,19H,4,11-12H2,1-3H3. The quantitative estimate of drug-likeness (QED) is 0.895. The van der Waals surface area contributed by atoms with Crippen molar-refractivity contribution in [1.29, 1.82) is 0 Å². The number of hydrogen-bond donors (Lipinski definition) is 1. The molecule has 1 heterocycles. The van der Waals surface area contributed by atoms with Crippen LogP contribution in [-0.4, -0.2) is 20.5 Å². The summed E-state index contributed by atoms with van der Waals surface area (Å²) >= 11 is 0. The highest BCUT2D eigenvalue weighted by atomic mass is 16.3. The summed E-state index contributed by atoms with van der Waals surface area (Å²) in [5.41, 5.74) is 2.57. The van der Waals surface area contributed by atoms with E-state index in [1.54, 1.807) is 0 Å². The highest BCUT2D eigenvalue weighted by Gasteiger charge is 2.23. The molecule has 102 valence electrons. The number of aromatic nitrogens is 2. The topological polar surface area (TPSA) is 38.0 Å². The van der Waals surface area contributed by atoms with E-state index >= 15 is 0 Å². The molecule has 0 fully saturated rings. The first-order valence-corrected chi connectivity index (χ1v) is 6.78. The second kappa shape index (κ2) is 5.57. The summed E-state index contributed by atoms with van der Waals surface area (Å²) in [6.45, 7) is 3.98. The molecule has 1 aromatic carbocycles. The molecule has 0 aliphatic rings. The smallest absolute Gasteiger partial charge is 0.0715 e. The Morgan fingerprint density at radius 2 is 1.89 bits per heavy atom. The molecule has 0 aliphatic heterocycles. The summed E-state index contributed by atoms with van der Waals surface area (Å²) in [5, 5.41) is 15.0. The molecule has 0 radical (unpaired) electrons. The van der Waals surface area contributed by atoms with E-state index in [0.29, 0.717) is 12.8 Å². The van der Waals surface area contributed by atoms with Crippen LogP contribution in [0.5, 0.6) is 0 Å². The van der Waals surface area contributed by atoms with Gasteiger partial charge < -0.3 is 5.11 Å². The molecule has 1 atom stereocenters. The largest absolute Gasteiger partial charge is 0.389 e. The zero-order valence-corrected chi connectivity index (χ0v) is 11.9. The Bertz CT molecular complexity index is 529. The van der Waals surface area contributed by atoms with Gasteiger partial charge in [-0.05, 0) is 25.0 Å². The Kier molecular flexibility index (Phi) is 4.05. The van der Waals surface area contributed by atoms with E-state index in [-0.39, 0.29) is 0 Å².